The van der Waals surface area contributed by atoms with Crippen molar-refractivity contribution in [3.63, 3.8) is 0 Å². The molecule has 94 valence electrons. The van der Waals surface area contributed by atoms with E-state index in [1.165, 1.54) is 4.31 Å². The largest absolute Gasteiger partial charge is 0.480 e. The Hall–Kier alpha value is -0.660. The second-order valence-electron chi connectivity index (χ2n) is 4.27. The van der Waals surface area contributed by atoms with Crippen LogP contribution in [0, 0.1) is 11.8 Å². The second-order valence-corrected chi connectivity index (χ2v) is 6.24. The van der Waals surface area contributed by atoms with E-state index in [1.807, 2.05) is 6.92 Å². The molecule has 0 spiro atoms. The van der Waals surface area contributed by atoms with Gasteiger partial charge in [0.15, 0.2) is 5.75 Å². The zero-order valence-corrected chi connectivity index (χ0v) is 10.1. The molecular formula is C9H18N2O4S. The molecule has 1 heterocycles. The molecule has 0 amide bonds. The summed E-state index contributed by atoms with van der Waals surface area (Å²) in [5, 5.41) is 8.52. The van der Waals surface area contributed by atoms with E-state index in [0.717, 1.165) is 6.42 Å². The summed E-state index contributed by atoms with van der Waals surface area (Å²) in [5.41, 5.74) is 5.56. The number of piperidine rings is 1. The summed E-state index contributed by atoms with van der Waals surface area (Å²) in [6.07, 6.45) is 0.737. The first kappa shape index (κ1) is 13.4. The van der Waals surface area contributed by atoms with E-state index in [1.54, 1.807) is 0 Å². The van der Waals surface area contributed by atoms with Gasteiger partial charge in [0, 0.05) is 13.1 Å². The highest BCUT2D eigenvalue weighted by molar-refractivity contribution is 7.89. The molecule has 0 aromatic rings. The summed E-state index contributed by atoms with van der Waals surface area (Å²) in [5.74, 6) is -1.64. The Labute approximate surface area is 95.5 Å². The molecule has 2 unspecified atom stereocenters. The number of nitrogens with two attached hydrogens (primary N) is 1. The van der Waals surface area contributed by atoms with E-state index in [-0.39, 0.29) is 5.92 Å². The van der Waals surface area contributed by atoms with Crippen LogP contribution >= 0.6 is 0 Å². The number of hydrogen-bond donors (Lipinski definition) is 2. The van der Waals surface area contributed by atoms with Crippen molar-refractivity contribution in [2.24, 2.45) is 17.6 Å². The Morgan fingerprint density at radius 1 is 1.56 bits per heavy atom. The van der Waals surface area contributed by atoms with Gasteiger partial charge in [0.2, 0.25) is 10.0 Å². The van der Waals surface area contributed by atoms with Crippen LogP contribution in [-0.4, -0.2) is 49.2 Å². The lowest BCUT2D eigenvalue weighted by molar-refractivity contribution is -0.134. The Morgan fingerprint density at radius 2 is 2.19 bits per heavy atom. The molecule has 1 aliphatic rings. The van der Waals surface area contributed by atoms with E-state index in [9.17, 15) is 13.2 Å². The van der Waals surface area contributed by atoms with Gasteiger partial charge in [-0.05, 0) is 24.8 Å². The number of rotatable bonds is 4. The first-order chi connectivity index (χ1) is 7.36. The number of sulfonamides is 1. The molecule has 1 fully saturated rings. The van der Waals surface area contributed by atoms with Gasteiger partial charge in [-0.15, -0.1) is 0 Å². The van der Waals surface area contributed by atoms with Gasteiger partial charge in [0.05, 0.1) is 0 Å². The molecule has 0 aliphatic carbocycles. The monoisotopic (exact) mass is 250 g/mol. The Bertz CT molecular complexity index is 355. The van der Waals surface area contributed by atoms with Gasteiger partial charge in [-0.2, -0.15) is 0 Å². The lowest BCUT2D eigenvalue weighted by Crippen LogP contribution is -2.46. The highest BCUT2D eigenvalue weighted by Crippen LogP contribution is 2.24. The van der Waals surface area contributed by atoms with Crippen LogP contribution < -0.4 is 5.73 Å². The third-order valence-electron chi connectivity index (χ3n) is 3.08. The quantitative estimate of drug-likeness (QED) is 0.688. The van der Waals surface area contributed by atoms with Gasteiger partial charge in [0.25, 0.3) is 0 Å². The van der Waals surface area contributed by atoms with Crippen molar-refractivity contribution < 1.29 is 18.3 Å². The average molecular weight is 250 g/mol. The van der Waals surface area contributed by atoms with E-state index >= 15 is 0 Å². The molecule has 1 saturated heterocycles. The maximum Gasteiger partial charge on any atom is 0.320 e. The lowest BCUT2D eigenvalue weighted by Gasteiger charge is -2.35. The van der Waals surface area contributed by atoms with Gasteiger partial charge >= 0.3 is 5.97 Å². The third-order valence-corrected chi connectivity index (χ3v) is 4.81. The number of carbonyl (C=O) groups is 1. The maximum atomic E-state index is 11.7. The number of nitrogens with zero attached hydrogens (tertiary/aromatic N) is 1. The summed E-state index contributed by atoms with van der Waals surface area (Å²) >= 11 is 0. The fourth-order valence-electron chi connectivity index (χ4n) is 1.92. The van der Waals surface area contributed by atoms with Crippen LogP contribution in [0.3, 0.4) is 0 Å². The van der Waals surface area contributed by atoms with Crippen molar-refractivity contribution in [3.05, 3.63) is 0 Å². The average Bonchev–Trinajstić information content (AvgIpc) is 2.16. The minimum absolute atomic E-state index is 0.123. The molecule has 7 heteroatoms. The van der Waals surface area contributed by atoms with Gasteiger partial charge in [-0.1, -0.05) is 6.92 Å². The predicted octanol–water partition coefficient (Wildman–Crippen LogP) is -0.682. The Kier molecular flexibility index (Phi) is 4.28. The first-order valence-electron chi connectivity index (χ1n) is 5.26. The molecule has 6 nitrogen and oxygen atoms in total. The number of aliphatic carboxylic acids is 1. The predicted molar refractivity (Wildman–Crippen MR) is 59.3 cm³/mol. The lowest BCUT2D eigenvalue weighted by atomic mass is 9.88. The molecule has 0 saturated carbocycles. The molecule has 16 heavy (non-hydrogen) atoms. The Balaban J connectivity index is 2.71. The molecular weight excluding hydrogens is 232 g/mol. The van der Waals surface area contributed by atoms with Crippen molar-refractivity contribution in [2.75, 3.05) is 25.4 Å². The summed E-state index contributed by atoms with van der Waals surface area (Å²) in [6, 6.07) is 0. The third kappa shape index (κ3) is 3.16. The van der Waals surface area contributed by atoms with Crippen molar-refractivity contribution in [1.29, 1.82) is 0 Å². The first-order valence-corrected chi connectivity index (χ1v) is 6.87. The second kappa shape index (κ2) is 5.11. The molecule has 1 rings (SSSR count). The molecule has 1 aliphatic heterocycles. The Morgan fingerprint density at radius 3 is 2.69 bits per heavy atom. The number of hydrogen-bond acceptors (Lipinski definition) is 4. The molecule has 0 aromatic carbocycles. The zero-order valence-electron chi connectivity index (χ0n) is 9.30. The van der Waals surface area contributed by atoms with Crippen LogP contribution in [0.5, 0.6) is 0 Å². The van der Waals surface area contributed by atoms with Crippen LogP contribution in [0.4, 0.5) is 0 Å². The topological polar surface area (TPSA) is 101 Å². The van der Waals surface area contributed by atoms with Crippen LogP contribution in [0.1, 0.15) is 13.3 Å². The van der Waals surface area contributed by atoms with Crippen LogP contribution in [0.15, 0.2) is 0 Å². The van der Waals surface area contributed by atoms with Gasteiger partial charge in [0.1, 0.15) is 0 Å². The van der Waals surface area contributed by atoms with E-state index in [2.05, 4.69) is 0 Å². The van der Waals surface area contributed by atoms with Crippen LogP contribution in [-0.2, 0) is 14.8 Å². The molecule has 0 radical (unpaired) electrons. The normalized spacial score (nSPS) is 27.9. The molecule has 0 bridgehead atoms. The van der Waals surface area contributed by atoms with Crippen LogP contribution in [0.25, 0.3) is 0 Å². The fourth-order valence-corrected chi connectivity index (χ4v) is 3.22. The number of carboxylic acids is 1. The van der Waals surface area contributed by atoms with Crippen molar-refractivity contribution >= 4 is 16.0 Å². The minimum atomic E-state index is -3.67. The highest BCUT2D eigenvalue weighted by atomic mass is 32.2. The van der Waals surface area contributed by atoms with E-state index < -0.39 is 21.7 Å². The van der Waals surface area contributed by atoms with Crippen molar-refractivity contribution in [3.8, 4) is 0 Å². The van der Waals surface area contributed by atoms with Crippen molar-refractivity contribution in [1.82, 2.24) is 4.31 Å². The summed E-state index contributed by atoms with van der Waals surface area (Å²) in [6.45, 7) is 3.21. The number of carboxylic acid groups (broad SMARTS) is 1. The molecule has 0 aromatic heterocycles. The maximum absolute atomic E-state index is 11.7. The summed E-state index contributed by atoms with van der Waals surface area (Å²) in [4.78, 5) is 10.4. The van der Waals surface area contributed by atoms with Gasteiger partial charge in [-0.25, -0.2) is 12.7 Å². The summed E-state index contributed by atoms with van der Waals surface area (Å²) < 4.78 is 24.6. The minimum Gasteiger partial charge on any atom is -0.480 e. The van der Waals surface area contributed by atoms with Gasteiger partial charge < -0.3 is 10.8 Å². The SMILES string of the molecule is CC1CCN(S(=O)(=O)CC(=O)O)CC1CN. The van der Waals surface area contributed by atoms with E-state index in [0.29, 0.717) is 25.6 Å². The fraction of sp³-hybridized carbons (Fsp3) is 0.889. The molecule has 2 atom stereocenters. The zero-order chi connectivity index (χ0) is 12.3. The van der Waals surface area contributed by atoms with Crippen molar-refractivity contribution in [2.45, 2.75) is 13.3 Å². The smallest absolute Gasteiger partial charge is 0.320 e. The summed E-state index contributed by atoms with van der Waals surface area (Å²) in [7, 11) is -3.67. The van der Waals surface area contributed by atoms with Gasteiger partial charge in [-0.3, -0.25) is 4.79 Å². The standard InChI is InChI=1S/C9H18N2O4S/c1-7-2-3-11(5-8(7)4-10)16(14,15)6-9(12)13/h7-8H,2-6,10H2,1H3,(H,12,13). The van der Waals surface area contributed by atoms with Crippen LogP contribution in [0.2, 0.25) is 0 Å². The van der Waals surface area contributed by atoms with E-state index in [4.69, 9.17) is 10.8 Å². The highest BCUT2D eigenvalue weighted by Gasteiger charge is 2.33. The molecule has 3 N–H and O–H groups in total.